The Labute approximate surface area is 112 Å². The van der Waals surface area contributed by atoms with Crippen molar-refractivity contribution < 1.29 is 5.11 Å². The van der Waals surface area contributed by atoms with E-state index in [1.54, 1.807) is 11.3 Å². The average Bonchev–Trinajstić information content (AvgIpc) is 2.64. The van der Waals surface area contributed by atoms with Crippen LogP contribution in [0, 0.1) is 0 Å². The molecule has 1 aliphatic carbocycles. The molecule has 0 spiro atoms. The number of aliphatic hydroxyl groups excluding tert-OH is 1. The van der Waals surface area contributed by atoms with Crippen LogP contribution < -0.4 is 0 Å². The largest absolute Gasteiger partial charge is 0.383 e. The molecule has 1 aromatic carbocycles. The highest BCUT2D eigenvalue weighted by molar-refractivity contribution is 7.19. The first-order chi connectivity index (χ1) is 8.84. The summed E-state index contributed by atoms with van der Waals surface area (Å²) < 4.78 is 1.26. The molecule has 1 nitrogen and oxygen atoms in total. The van der Waals surface area contributed by atoms with Gasteiger partial charge in [0, 0.05) is 9.58 Å². The Morgan fingerprint density at radius 3 is 2.89 bits per heavy atom. The summed E-state index contributed by atoms with van der Waals surface area (Å²) in [6.07, 6.45) is 7.81. The van der Waals surface area contributed by atoms with Crippen molar-refractivity contribution in [1.29, 1.82) is 0 Å². The molecule has 1 unspecified atom stereocenters. The second-order valence-corrected chi connectivity index (χ2v) is 6.08. The number of rotatable bonds is 2. The summed E-state index contributed by atoms with van der Waals surface area (Å²) in [6, 6.07) is 10.5. The molecule has 3 rings (SSSR count). The van der Waals surface area contributed by atoms with Gasteiger partial charge in [0.15, 0.2) is 0 Å². The van der Waals surface area contributed by atoms with E-state index in [4.69, 9.17) is 0 Å². The summed E-state index contributed by atoms with van der Waals surface area (Å²) in [5, 5.41) is 11.8. The zero-order valence-corrected chi connectivity index (χ0v) is 11.2. The smallest absolute Gasteiger partial charge is 0.109 e. The van der Waals surface area contributed by atoms with Crippen LogP contribution in [0.25, 0.3) is 10.1 Å². The van der Waals surface area contributed by atoms with Crippen molar-refractivity contribution in [2.75, 3.05) is 0 Å². The Hall–Kier alpha value is -1.12. The molecule has 0 bridgehead atoms. The number of fused-ring (bicyclic) bond motifs is 1. The van der Waals surface area contributed by atoms with E-state index in [1.807, 2.05) is 0 Å². The third kappa shape index (κ3) is 2.36. The summed E-state index contributed by atoms with van der Waals surface area (Å²) in [6.45, 7) is 0. The normalized spacial score (nSPS) is 18.4. The lowest BCUT2D eigenvalue weighted by Crippen LogP contribution is -1.98. The van der Waals surface area contributed by atoms with Crippen LogP contribution in [0.15, 0.2) is 42.0 Å². The third-order valence-corrected chi connectivity index (χ3v) is 4.81. The van der Waals surface area contributed by atoms with E-state index in [0.717, 1.165) is 17.7 Å². The monoisotopic (exact) mass is 258 g/mol. The summed E-state index contributed by atoms with van der Waals surface area (Å²) in [4.78, 5) is 1.09. The number of hydrogen-bond donors (Lipinski definition) is 1. The SMILES string of the molecule is OC(C1=CCCCCC1)c1cc2ccccc2s1. The van der Waals surface area contributed by atoms with Gasteiger partial charge in [-0.15, -0.1) is 11.3 Å². The predicted molar refractivity (Wildman–Crippen MR) is 78.0 cm³/mol. The molecule has 94 valence electrons. The molecular weight excluding hydrogens is 240 g/mol. The second kappa shape index (κ2) is 5.25. The van der Waals surface area contributed by atoms with Gasteiger partial charge in [0.05, 0.1) is 0 Å². The molecule has 1 heterocycles. The van der Waals surface area contributed by atoms with Crippen molar-refractivity contribution >= 4 is 21.4 Å². The maximum absolute atomic E-state index is 10.5. The Balaban J connectivity index is 1.90. The second-order valence-electron chi connectivity index (χ2n) is 4.97. The average molecular weight is 258 g/mol. The molecule has 1 atom stereocenters. The number of thiophene rings is 1. The summed E-state index contributed by atoms with van der Waals surface area (Å²) in [7, 11) is 0. The minimum Gasteiger partial charge on any atom is -0.383 e. The fourth-order valence-corrected chi connectivity index (χ4v) is 3.70. The standard InChI is InChI=1S/C16H18OS/c17-16(12-7-3-1-2-4-8-12)15-11-13-9-5-6-10-14(13)18-15/h5-7,9-11,16-17H,1-4,8H2. The van der Waals surface area contributed by atoms with Gasteiger partial charge in [0.2, 0.25) is 0 Å². The van der Waals surface area contributed by atoms with Crippen LogP contribution in [0.1, 0.15) is 43.1 Å². The molecule has 1 N–H and O–H groups in total. The molecule has 0 radical (unpaired) electrons. The first kappa shape index (κ1) is 11.9. The number of aliphatic hydroxyl groups is 1. The van der Waals surface area contributed by atoms with Crippen LogP contribution >= 0.6 is 11.3 Å². The highest BCUT2D eigenvalue weighted by atomic mass is 32.1. The lowest BCUT2D eigenvalue weighted by molar-refractivity contribution is 0.214. The first-order valence-corrected chi connectivity index (χ1v) is 7.52. The fourth-order valence-electron chi connectivity index (χ4n) is 2.61. The van der Waals surface area contributed by atoms with Gasteiger partial charge in [0.1, 0.15) is 6.10 Å². The van der Waals surface area contributed by atoms with Crippen LogP contribution in [-0.2, 0) is 0 Å². The highest BCUT2D eigenvalue weighted by Gasteiger charge is 2.16. The van der Waals surface area contributed by atoms with Crippen LogP contribution in [0.2, 0.25) is 0 Å². The Bertz CT molecular complexity index is 534. The molecule has 18 heavy (non-hydrogen) atoms. The van der Waals surface area contributed by atoms with E-state index in [2.05, 4.69) is 36.4 Å². The molecule has 2 aromatic rings. The van der Waals surface area contributed by atoms with E-state index in [1.165, 1.54) is 34.9 Å². The molecule has 0 saturated heterocycles. The molecule has 0 fully saturated rings. The van der Waals surface area contributed by atoms with Gasteiger partial charge in [-0.3, -0.25) is 0 Å². The zero-order chi connectivity index (χ0) is 12.4. The minimum absolute atomic E-state index is 0.388. The van der Waals surface area contributed by atoms with Gasteiger partial charge in [0.25, 0.3) is 0 Å². The van der Waals surface area contributed by atoms with E-state index < -0.39 is 0 Å². The van der Waals surface area contributed by atoms with Crippen LogP contribution in [-0.4, -0.2) is 5.11 Å². The third-order valence-electron chi connectivity index (χ3n) is 3.64. The van der Waals surface area contributed by atoms with Crippen LogP contribution in [0.4, 0.5) is 0 Å². The van der Waals surface area contributed by atoms with Crippen LogP contribution in [0.5, 0.6) is 0 Å². The molecule has 0 aliphatic heterocycles. The molecular formula is C16H18OS. The first-order valence-electron chi connectivity index (χ1n) is 6.70. The van der Waals surface area contributed by atoms with Crippen molar-refractivity contribution in [2.45, 2.75) is 38.2 Å². The molecule has 0 amide bonds. The quantitative estimate of drug-likeness (QED) is 0.765. The molecule has 2 heteroatoms. The van der Waals surface area contributed by atoms with E-state index in [-0.39, 0.29) is 6.10 Å². The number of benzene rings is 1. The van der Waals surface area contributed by atoms with Gasteiger partial charge < -0.3 is 5.11 Å². The zero-order valence-electron chi connectivity index (χ0n) is 10.4. The fraction of sp³-hybridized carbons (Fsp3) is 0.375. The Morgan fingerprint density at radius 2 is 2.00 bits per heavy atom. The van der Waals surface area contributed by atoms with Crippen LogP contribution in [0.3, 0.4) is 0 Å². The topological polar surface area (TPSA) is 20.2 Å². The highest BCUT2D eigenvalue weighted by Crippen LogP contribution is 2.35. The van der Waals surface area contributed by atoms with Gasteiger partial charge >= 0.3 is 0 Å². The Kier molecular flexibility index (Phi) is 3.48. The summed E-state index contributed by atoms with van der Waals surface area (Å²) in [5.41, 5.74) is 1.22. The number of allylic oxidation sites excluding steroid dienone is 1. The van der Waals surface area contributed by atoms with E-state index in [0.29, 0.717) is 0 Å². The van der Waals surface area contributed by atoms with Gasteiger partial charge in [-0.2, -0.15) is 0 Å². The van der Waals surface area contributed by atoms with Crippen molar-refractivity contribution in [3.05, 3.63) is 46.9 Å². The van der Waals surface area contributed by atoms with Gasteiger partial charge in [-0.05, 0) is 48.8 Å². The molecule has 0 saturated carbocycles. The molecule has 1 aromatic heterocycles. The minimum atomic E-state index is -0.388. The Morgan fingerprint density at radius 1 is 1.11 bits per heavy atom. The van der Waals surface area contributed by atoms with Crippen molar-refractivity contribution in [3.63, 3.8) is 0 Å². The molecule has 1 aliphatic rings. The van der Waals surface area contributed by atoms with Crippen molar-refractivity contribution in [1.82, 2.24) is 0 Å². The summed E-state index contributed by atoms with van der Waals surface area (Å²) >= 11 is 1.71. The van der Waals surface area contributed by atoms with Crippen molar-refractivity contribution in [2.24, 2.45) is 0 Å². The lowest BCUT2D eigenvalue weighted by atomic mass is 10.0. The summed E-state index contributed by atoms with van der Waals surface area (Å²) in [5.74, 6) is 0. The van der Waals surface area contributed by atoms with E-state index >= 15 is 0 Å². The van der Waals surface area contributed by atoms with Gasteiger partial charge in [-0.1, -0.05) is 30.7 Å². The van der Waals surface area contributed by atoms with Gasteiger partial charge in [-0.25, -0.2) is 0 Å². The lowest BCUT2D eigenvalue weighted by Gasteiger charge is -2.12. The maximum atomic E-state index is 10.5. The maximum Gasteiger partial charge on any atom is 0.109 e. The van der Waals surface area contributed by atoms with E-state index in [9.17, 15) is 5.11 Å². The predicted octanol–water partition coefficient (Wildman–Crippen LogP) is 4.83. The van der Waals surface area contributed by atoms with Crippen molar-refractivity contribution in [3.8, 4) is 0 Å². The number of hydrogen-bond acceptors (Lipinski definition) is 2.